The Bertz CT molecular complexity index is 1880. The number of H-pyrrole nitrogens is 1. The zero-order valence-corrected chi connectivity index (χ0v) is 24.8. The van der Waals surface area contributed by atoms with Crippen LogP contribution in [-0.4, -0.2) is 39.8 Å². The smallest absolute Gasteiger partial charge is 0.332 e. The molecular weight excluding hydrogens is 548 g/mol. The Hall–Kier alpha value is -5.17. The number of aromatic amines is 1. The van der Waals surface area contributed by atoms with Crippen LogP contribution in [0.5, 0.6) is 0 Å². The van der Waals surface area contributed by atoms with Crippen molar-refractivity contribution in [1.82, 2.24) is 15.2 Å². The second-order valence-electron chi connectivity index (χ2n) is 11.9. The highest BCUT2D eigenvalue weighted by molar-refractivity contribution is 6.24. The lowest BCUT2D eigenvalue weighted by atomic mass is 9.88. The van der Waals surface area contributed by atoms with Crippen LogP contribution in [0.15, 0.2) is 103 Å². The number of anilines is 1. The second kappa shape index (κ2) is 11.2. The van der Waals surface area contributed by atoms with Crippen molar-refractivity contribution in [3.8, 4) is 0 Å². The van der Waals surface area contributed by atoms with Gasteiger partial charge < -0.3 is 10.3 Å². The number of para-hydroxylation sites is 2. The van der Waals surface area contributed by atoms with Crippen molar-refractivity contribution in [3.63, 3.8) is 0 Å². The molecule has 7 nitrogen and oxygen atoms in total. The Balaban J connectivity index is 1.22. The van der Waals surface area contributed by atoms with E-state index in [9.17, 15) is 14.4 Å². The summed E-state index contributed by atoms with van der Waals surface area (Å²) in [6.07, 6.45) is 1.99. The van der Waals surface area contributed by atoms with E-state index in [1.165, 1.54) is 10.5 Å². The molecule has 1 fully saturated rings. The fourth-order valence-corrected chi connectivity index (χ4v) is 6.65. The number of urea groups is 1. The van der Waals surface area contributed by atoms with Gasteiger partial charge in [0.1, 0.15) is 12.1 Å². The predicted molar refractivity (Wildman–Crippen MR) is 172 cm³/mol. The number of aromatic nitrogens is 1. The highest BCUT2D eigenvalue weighted by Gasteiger charge is 2.53. The summed E-state index contributed by atoms with van der Waals surface area (Å²) in [6.45, 7) is 4.00. The van der Waals surface area contributed by atoms with Crippen LogP contribution in [0.4, 0.5) is 10.5 Å². The summed E-state index contributed by atoms with van der Waals surface area (Å²) in [7, 11) is 0. The van der Waals surface area contributed by atoms with Crippen LogP contribution in [0.25, 0.3) is 10.9 Å². The minimum absolute atomic E-state index is 0.101. The number of carbonyl (C=O) groups excluding carboxylic acids is 3. The molecule has 44 heavy (non-hydrogen) atoms. The van der Waals surface area contributed by atoms with E-state index in [1.807, 2.05) is 74.5 Å². The molecule has 1 aromatic heterocycles. The van der Waals surface area contributed by atoms with Crippen molar-refractivity contribution >= 4 is 34.4 Å². The number of rotatable bonds is 7. The first-order chi connectivity index (χ1) is 21.4. The third kappa shape index (κ3) is 4.74. The van der Waals surface area contributed by atoms with Crippen molar-refractivity contribution in [2.45, 2.75) is 51.2 Å². The number of nitrogens with zero attached hydrogens (tertiary/aromatic N) is 2. The largest absolute Gasteiger partial charge is 0.356 e. The van der Waals surface area contributed by atoms with Crippen LogP contribution in [-0.2, 0) is 17.6 Å². The van der Waals surface area contributed by atoms with E-state index in [1.54, 1.807) is 29.2 Å². The lowest BCUT2D eigenvalue weighted by Crippen LogP contribution is -2.44. The van der Waals surface area contributed by atoms with E-state index in [-0.39, 0.29) is 17.9 Å². The molecule has 7 rings (SSSR count). The molecule has 3 atom stereocenters. The summed E-state index contributed by atoms with van der Waals surface area (Å²) in [6, 6.07) is 31.5. The molecule has 0 unspecified atom stereocenters. The molecule has 0 saturated carbocycles. The molecule has 7 heteroatoms. The van der Waals surface area contributed by atoms with Crippen molar-refractivity contribution in [3.05, 3.63) is 137 Å². The van der Waals surface area contributed by atoms with Gasteiger partial charge in [0.25, 0.3) is 11.8 Å². The Morgan fingerprint density at radius 1 is 0.909 bits per heavy atom. The number of fused-ring (bicyclic) bond motifs is 4. The van der Waals surface area contributed by atoms with Crippen molar-refractivity contribution < 1.29 is 14.4 Å². The van der Waals surface area contributed by atoms with E-state index in [4.69, 9.17) is 0 Å². The first kappa shape index (κ1) is 27.7. The number of benzene rings is 4. The molecule has 5 aromatic rings. The van der Waals surface area contributed by atoms with Gasteiger partial charge in [-0.1, -0.05) is 90.5 Å². The summed E-state index contributed by atoms with van der Waals surface area (Å²) in [5.74, 6) is -0.627. The van der Waals surface area contributed by atoms with Gasteiger partial charge in [0, 0.05) is 29.1 Å². The predicted octanol–water partition coefficient (Wildman–Crippen LogP) is 6.71. The minimum atomic E-state index is -0.693. The topological polar surface area (TPSA) is 85.5 Å². The second-order valence-corrected chi connectivity index (χ2v) is 11.9. The minimum Gasteiger partial charge on any atom is -0.356 e. The molecule has 4 aromatic carbocycles. The Labute approximate surface area is 256 Å². The first-order valence-electron chi connectivity index (χ1n) is 15.2. The highest BCUT2D eigenvalue weighted by atomic mass is 16.2. The first-order valence-corrected chi connectivity index (χ1v) is 15.2. The third-order valence-electron chi connectivity index (χ3n) is 8.92. The van der Waals surface area contributed by atoms with Crippen LogP contribution >= 0.6 is 0 Å². The average molecular weight is 583 g/mol. The van der Waals surface area contributed by atoms with Gasteiger partial charge in [0.15, 0.2) is 0 Å². The molecule has 2 aliphatic heterocycles. The summed E-state index contributed by atoms with van der Waals surface area (Å²) >= 11 is 0. The molecule has 220 valence electrons. The summed E-state index contributed by atoms with van der Waals surface area (Å²) in [4.78, 5) is 48.7. The Morgan fingerprint density at radius 3 is 2.41 bits per heavy atom. The van der Waals surface area contributed by atoms with E-state index in [0.29, 0.717) is 17.7 Å². The highest BCUT2D eigenvalue weighted by Crippen LogP contribution is 2.45. The van der Waals surface area contributed by atoms with Gasteiger partial charge in [-0.25, -0.2) is 9.69 Å². The molecule has 0 radical (unpaired) electrons. The van der Waals surface area contributed by atoms with Crippen molar-refractivity contribution in [2.24, 2.45) is 0 Å². The third-order valence-corrected chi connectivity index (χ3v) is 8.92. The molecule has 0 bridgehead atoms. The number of imide groups is 1. The summed E-state index contributed by atoms with van der Waals surface area (Å²) < 4.78 is 0. The van der Waals surface area contributed by atoms with Gasteiger partial charge in [0.05, 0.1) is 11.3 Å². The van der Waals surface area contributed by atoms with E-state index in [2.05, 4.69) is 28.5 Å². The fraction of sp³-hybridized carbons (Fsp3) is 0.216. The number of amides is 4. The summed E-state index contributed by atoms with van der Waals surface area (Å²) in [5.41, 5.74) is 6.81. The van der Waals surface area contributed by atoms with E-state index in [0.717, 1.165) is 46.1 Å². The van der Waals surface area contributed by atoms with Crippen molar-refractivity contribution in [2.75, 3.05) is 4.90 Å². The normalized spacial score (nSPS) is 18.3. The van der Waals surface area contributed by atoms with E-state index >= 15 is 0 Å². The molecule has 0 spiro atoms. The molecule has 1 saturated heterocycles. The quantitative estimate of drug-likeness (QED) is 0.209. The maximum atomic E-state index is 14.4. The van der Waals surface area contributed by atoms with Crippen molar-refractivity contribution in [1.29, 1.82) is 0 Å². The fourth-order valence-electron chi connectivity index (χ4n) is 6.65. The molecule has 2 aliphatic rings. The van der Waals surface area contributed by atoms with Crippen LogP contribution in [0.2, 0.25) is 0 Å². The zero-order valence-electron chi connectivity index (χ0n) is 24.8. The van der Waals surface area contributed by atoms with E-state index < -0.39 is 18.1 Å². The standard InChI is InChI=1S/C37H34N4O3/c1-23-16-20-26(21-17-23)34-33-29(27-12-6-8-14-30(27)39-33)22-32-36(43)41(37(44)40(32)34)31-15-9-7-13-28(31)35(42)38-24(2)18-19-25-10-4-3-5-11-25/h3-17,20-21,24,32,34,39H,18-19,22H2,1-2H3,(H,38,42)/t24-,32+,34-/m1/s1. The van der Waals surface area contributed by atoms with Crippen LogP contribution < -0.4 is 10.2 Å². The SMILES string of the molecule is Cc1ccc([C@@H]2c3[nH]c4ccccc4c3C[C@H]3C(=O)N(c4ccccc4C(=O)N[C@H](C)CCc4ccccc4)C(=O)N23)cc1. The Kier molecular flexibility index (Phi) is 7.01. The Morgan fingerprint density at radius 2 is 1.61 bits per heavy atom. The maximum Gasteiger partial charge on any atom is 0.332 e. The summed E-state index contributed by atoms with van der Waals surface area (Å²) in [5, 5.41) is 4.14. The zero-order chi connectivity index (χ0) is 30.4. The molecule has 3 heterocycles. The van der Waals surface area contributed by atoms with Gasteiger partial charge in [-0.2, -0.15) is 0 Å². The maximum absolute atomic E-state index is 14.4. The average Bonchev–Trinajstić information content (AvgIpc) is 3.54. The van der Waals surface area contributed by atoms with Gasteiger partial charge in [0.2, 0.25) is 0 Å². The number of aryl methyl sites for hydroxylation is 2. The van der Waals surface area contributed by atoms with Gasteiger partial charge in [-0.15, -0.1) is 0 Å². The van der Waals surface area contributed by atoms with Crippen LogP contribution in [0, 0.1) is 6.92 Å². The lowest BCUT2D eigenvalue weighted by molar-refractivity contribution is -0.120. The van der Waals surface area contributed by atoms with Gasteiger partial charge >= 0.3 is 6.03 Å². The number of hydrogen-bond acceptors (Lipinski definition) is 3. The lowest BCUT2D eigenvalue weighted by Gasteiger charge is -2.36. The van der Waals surface area contributed by atoms with Gasteiger partial charge in [-0.3, -0.25) is 14.5 Å². The number of carbonyl (C=O) groups is 3. The molecule has 0 aliphatic carbocycles. The molecule has 2 N–H and O–H groups in total. The number of nitrogens with one attached hydrogen (secondary N) is 2. The molecule has 4 amide bonds. The number of hydrogen-bond donors (Lipinski definition) is 2. The van der Waals surface area contributed by atoms with Crippen LogP contribution in [0.1, 0.15) is 57.7 Å². The molecular formula is C37H34N4O3. The van der Waals surface area contributed by atoms with Crippen LogP contribution in [0.3, 0.4) is 0 Å². The van der Waals surface area contributed by atoms with Gasteiger partial charge in [-0.05, 0) is 61.6 Å². The monoisotopic (exact) mass is 582 g/mol.